The van der Waals surface area contributed by atoms with Crippen LogP contribution in [0.1, 0.15) is 60.6 Å². The number of methoxy groups -OCH3 is 1. The summed E-state index contributed by atoms with van der Waals surface area (Å²) in [6.07, 6.45) is 5.88. The van der Waals surface area contributed by atoms with Gasteiger partial charge in [0, 0.05) is 24.9 Å². The molecule has 2 saturated carbocycles. The molecule has 9 nitrogen and oxygen atoms in total. The summed E-state index contributed by atoms with van der Waals surface area (Å²) in [5.74, 6) is 0.343. The van der Waals surface area contributed by atoms with Crippen molar-refractivity contribution >= 4 is 22.8 Å². The number of aryl methyl sites for hydroxylation is 2. The third kappa shape index (κ3) is 5.75. The lowest BCUT2D eigenvalue weighted by atomic mass is 9.82. The number of H-pyrrole nitrogens is 1. The maximum Gasteiger partial charge on any atom is 0.255 e. The first-order chi connectivity index (χ1) is 18.8. The molecule has 2 aliphatic rings. The summed E-state index contributed by atoms with van der Waals surface area (Å²) in [6.45, 7) is 6.17. The quantitative estimate of drug-likeness (QED) is 0.376. The van der Waals surface area contributed by atoms with Gasteiger partial charge in [-0.15, -0.1) is 0 Å². The normalized spacial score (nSPS) is 21.1. The van der Waals surface area contributed by atoms with Gasteiger partial charge in [0.25, 0.3) is 5.91 Å². The van der Waals surface area contributed by atoms with Crippen LogP contribution in [0.4, 0.5) is 4.39 Å². The third-order valence-corrected chi connectivity index (χ3v) is 7.83. The van der Waals surface area contributed by atoms with Gasteiger partial charge in [-0.3, -0.25) is 9.59 Å². The molecule has 3 N–H and O–H groups in total. The summed E-state index contributed by atoms with van der Waals surface area (Å²) >= 11 is 0. The molecule has 0 aliphatic heterocycles. The predicted octanol–water partition coefficient (Wildman–Crippen LogP) is 4.22. The largest absolute Gasteiger partial charge is 0.492 e. The van der Waals surface area contributed by atoms with Gasteiger partial charge in [-0.05, 0) is 69.4 Å². The lowest BCUT2D eigenvalue weighted by molar-refractivity contribution is -0.125. The van der Waals surface area contributed by atoms with E-state index in [0.29, 0.717) is 51.8 Å². The Morgan fingerprint density at radius 1 is 1.13 bits per heavy atom. The van der Waals surface area contributed by atoms with Crippen LogP contribution in [0.15, 0.2) is 18.5 Å². The smallest absolute Gasteiger partial charge is 0.255 e. The molecule has 0 spiro atoms. The second-order valence-corrected chi connectivity index (χ2v) is 11.0. The molecule has 10 heteroatoms. The first kappa shape index (κ1) is 27.1. The number of rotatable bonds is 9. The predicted molar refractivity (Wildman–Crippen MR) is 145 cm³/mol. The fourth-order valence-electron chi connectivity index (χ4n) is 5.47. The number of nitrogens with one attached hydrogen (secondary N) is 3. The van der Waals surface area contributed by atoms with E-state index in [1.54, 1.807) is 19.1 Å². The summed E-state index contributed by atoms with van der Waals surface area (Å²) in [5, 5.41) is 6.18. The topological polar surface area (TPSA) is 118 Å². The maximum absolute atomic E-state index is 15.5. The van der Waals surface area contributed by atoms with Crippen LogP contribution >= 0.6 is 0 Å². The summed E-state index contributed by atoms with van der Waals surface area (Å²) in [5.41, 5.74) is 3.12. The molecule has 0 bridgehead atoms. The number of hydrogen-bond acceptors (Lipinski definition) is 6. The van der Waals surface area contributed by atoms with Crippen molar-refractivity contribution in [1.29, 1.82) is 0 Å². The van der Waals surface area contributed by atoms with Crippen LogP contribution in [0, 0.1) is 31.5 Å². The standard InChI is InChI=1S/C29H36FN5O4/c1-15-5-10-21(39-12-18-6-7-18)24(25(15)30)27-28-26(31-14-32-27)23(17(3)33-28)29(37)35-20-9-8-19(11-16(20)2)34-22(36)13-38-4/h5,10,14,16,18-20,33H,6-9,11-13H2,1-4H3,(H,34,36)(H,35,37). The molecule has 1 aromatic carbocycles. The second kappa shape index (κ2) is 11.3. The Morgan fingerprint density at radius 2 is 1.92 bits per heavy atom. The van der Waals surface area contributed by atoms with Crippen molar-refractivity contribution in [3.05, 3.63) is 41.1 Å². The van der Waals surface area contributed by atoms with Gasteiger partial charge < -0.3 is 25.1 Å². The van der Waals surface area contributed by atoms with Gasteiger partial charge in [-0.25, -0.2) is 14.4 Å². The molecule has 2 fully saturated rings. The average Bonchev–Trinajstić information content (AvgIpc) is 3.66. The molecule has 2 aromatic heterocycles. The van der Waals surface area contributed by atoms with E-state index in [1.807, 2.05) is 6.92 Å². The molecule has 39 heavy (non-hydrogen) atoms. The number of nitrogens with zero attached hydrogens (tertiary/aromatic N) is 2. The molecule has 2 aliphatic carbocycles. The van der Waals surface area contributed by atoms with Gasteiger partial charge >= 0.3 is 0 Å². The molecule has 2 heterocycles. The number of amides is 2. The van der Waals surface area contributed by atoms with Gasteiger partial charge in [0.1, 0.15) is 35.7 Å². The Bertz CT molecular complexity index is 1390. The molecule has 3 aromatic rings. The number of carbonyl (C=O) groups excluding carboxylic acids is 2. The summed E-state index contributed by atoms with van der Waals surface area (Å²) in [4.78, 5) is 37.5. The SMILES string of the molecule is COCC(=O)NC1CCC(NC(=O)c2c(C)[nH]c3c(-c4c(OCC5CC5)ccc(C)c4F)ncnc23)C(C)C1. The summed E-state index contributed by atoms with van der Waals surface area (Å²) in [6, 6.07) is 3.50. The van der Waals surface area contributed by atoms with Gasteiger partial charge in [-0.1, -0.05) is 13.0 Å². The number of aromatic nitrogens is 3. The van der Waals surface area contributed by atoms with Crippen molar-refractivity contribution in [3.8, 4) is 17.0 Å². The first-order valence-corrected chi connectivity index (χ1v) is 13.6. The number of halogens is 1. The Kier molecular flexibility index (Phi) is 7.83. The average molecular weight is 538 g/mol. The van der Waals surface area contributed by atoms with E-state index in [1.165, 1.54) is 13.4 Å². The lowest BCUT2D eigenvalue weighted by Gasteiger charge is -2.35. The molecule has 0 radical (unpaired) electrons. The van der Waals surface area contributed by atoms with E-state index in [9.17, 15) is 9.59 Å². The Balaban J connectivity index is 1.39. The highest BCUT2D eigenvalue weighted by Gasteiger charge is 2.32. The number of fused-ring (bicyclic) bond motifs is 1. The van der Waals surface area contributed by atoms with Crippen molar-refractivity contribution in [1.82, 2.24) is 25.6 Å². The fourth-order valence-corrected chi connectivity index (χ4v) is 5.47. The highest BCUT2D eigenvalue weighted by molar-refractivity contribution is 6.09. The van der Waals surface area contributed by atoms with Crippen molar-refractivity contribution in [2.75, 3.05) is 20.3 Å². The van der Waals surface area contributed by atoms with Crippen molar-refractivity contribution in [2.24, 2.45) is 11.8 Å². The van der Waals surface area contributed by atoms with E-state index in [0.717, 1.165) is 32.1 Å². The van der Waals surface area contributed by atoms with Gasteiger partial charge in [-0.2, -0.15) is 0 Å². The number of benzene rings is 1. The van der Waals surface area contributed by atoms with Crippen LogP contribution in [0.3, 0.4) is 0 Å². The second-order valence-electron chi connectivity index (χ2n) is 11.0. The van der Waals surface area contributed by atoms with Crippen LogP contribution in [-0.2, 0) is 9.53 Å². The van der Waals surface area contributed by atoms with Crippen LogP contribution in [0.5, 0.6) is 5.75 Å². The maximum atomic E-state index is 15.5. The Hall–Kier alpha value is -3.53. The van der Waals surface area contributed by atoms with Gasteiger partial charge in [0.2, 0.25) is 5.91 Å². The lowest BCUT2D eigenvalue weighted by Crippen LogP contribution is -2.48. The molecule has 5 rings (SSSR count). The molecule has 3 atom stereocenters. The van der Waals surface area contributed by atoms with Crippen LogP contribution in [-0.4, -0.2) is 59.2 Å². The summed E-state index contributed by atoms with van der Waals surface area (Å²) in [7, 11) is 1.49. The molecule has 208 valence electrons. The minimum atomic E-state index is -0.398. The van der Waals surface area contributed by atoms with Crippen LogP contribution < -0.4 is 15.4 Å². The zero-order valence-corrected chi connectivity index (χ0v) is 22.9. The minimum absolute atomic E-state index is 0.0370. The zero-order chi connectivity index (χ0) is 27.7. The fraction of sp³-hybridized carbons (Fsp3) is 0.517. The van der Waals surface area contributed by atoms with Gasteiger partial charge in [0.05, 0.1) is 23.3 Å². The van der Waals surface area contributed by atoms with Crippen molar-refractivity contribution in [2.45, 2.75) is 65.0 Å². The highest BCUT2D eigenvalue weighted by atomic mass is 19.1. The zero-order valence-electron chi connectivity index (χ0n) is 22.9. The van der Waals surface area contributed by atoms with E-state index in [2.05, 4.69) is 32.5 Å². The Labute approximate surface area is 227 Å². The number of carbonyl (C=O) groups is 2. The van der Waals surface area contributed by atoms with Crippen molar-refractivity contribution in [3.63, 3.8) is 0 Å². The van der Waals surface area contributed by atoms with Crippen LogP contribution in [0.25, 0.3) is 22.3 Å². The number of ether oxygens (including phenoxy) is 2. The van der Waals surface area contributed by atoms with E-state index in [-0.39, 0.29) is 42.0 Å². The molecule has 0 saturated heterocycles. The Morgan fingerprint density at radius 3 is 2.64 bits per heavy atom. The van der Waals surface area contributed by atoms with Crippen molar-refractivity contribution < 1.29 is 23.5 Å². The first-order valence-electron chi connectivity index (χ1n) is 13.6. The minimum Gasteiger partial charge on any atom is -0.492 e. The van der Waals surface area contributed by atoms with E-state index < -0.39 is 5.82 Å². The molecule has 2 amide bonds. The third-order valence-electron chi connectivity index (χ3n) is 7.83. The summed E-state index contributed by atoms with van der Waals surface area (Å²) < 4.78 is 26.4. The van der Waals surface area contributed by atoms with Gasteiger partial charge in [0.15, 0.2) is 0 Å². The van der Waals surface area contributed by atoms with E-state index in [4.69, 9.17) is 9.47 Å². The molecular weight excluding hydrogens is 501 g/mol. The number of hydrogen-bond donors (Lipinski definition) is 3. The van der Waals surface area contributed by atoms with E-state index >= 15 is 4.39 Å². The molecule has 3 unspecified atom stereocenters. The van der Waals surface area contributed by atoms with Crippen LogP contribution in [0.2, 0.25) is 0 Å². The highest BCUT2D eigenvalue weighted by Crippen LogP contribution is 2.39. The number of aromatic amines is 1. The molecular formula is C29H36FN5O4. The monoisotopic (exact) mass is 537 g/mol.